The molecule has 1 unspecified atom stereocenters. The van der Waals surface area contributed by atoms with Gasteiger partial charge in [-0.25, -0.2) is 0 Å². The summed E-state index contributed by atoms with van der Waals surface area (Å²) < 4.78 is 9.72. The normalized spacial score (nSPS) is 11.9. The lowest BCUT2D eigenvalue weighted by Gasteiger charge is -2.14. The standard InChI is InChI=1S/C12H23NO4/c1-4-10(12(15)17-6-3)13-9-7-8-11(14)16-5-2/h10,13H,4-9H2,1-3H3. The third-order valence-corrected chi connectivity index (χ3v) is 2.23. The van der Waals surface area contributed by atoms with Crippen molar-refractivity contribution in [2.75, 3.05) is 19.8 Å². The van der Waals surface area contributed by atoms with Crippen LogP contribution in [0.3, 0.4) is 0 Å². The molecule has 0 aliphatic heterocycles. The van der Waals surface area contributed by atoms with E-state index in [-0.39, 0.29) is 18.0 Å². The summed E-state index contributed by atoms with van der Waals surface area (Å²) in [6.45, 7) is 6.89. The molecule has 0 aromatic carbocycles. The maximum absolute atomic E-state index is 11.4. The highest BCUT2D eigenvalue weighted by atomic mass is 16.5. The van der Waals surface area contributed by atoms with Crippen molar-refractivity contribution in [2.24, 2.45) is 0 Å². The van der Waals surface area contributed by atoms with Crippen LogP contribution in [0.1, 0.15) is 40.0 Å². The minimum Gasteiger partial charge on any atom is -0.466 e. The maximum atomic E-state index is 11.4. The van der Waals surface area contributed by atoms with Crippen LogP contribution in [0.25, 0.3) is 0 Å². The first-order valence-electron chi connectivity index (χ1n) is 6.21. The molecule has 1 N–H and O–H groups in total. The molecule has 0 amide bonds. The van der Waals surface area contributed by atoms with Crippen LogP contribution < -0.4 is 5.32 Å². The van der Waals surface area contributed by atoms with E-state index in [1.807, 2.05) is 6.92 Å². The van der Waals surface area contributed by atoms with Gasteiger partial charge < -0.3 is 14.8 Å². The second-order valence-corrected chi connectivity index (χ2v) is 3.58. The number of rotatable bonds is 9. The van der Waals surface area contributed by atoms with Crippen LogP contribution in [0.5, 0.6) is 0 Å². The van der Waals surface area contributed by atoms with E-state index < -0.39 is 0 Å². The molecule has 0 aromatic rings. The first-order valence-corrected chi connectivity index (χ1v) is 6.21. The second kappa shape index (κ2) is 10.1. The summed E-state index contributed by atoms with van der Waals surface area (Å²) in [5.41, 5.74) is 0. The molecule has 1 atom stereocenters. The van der Waals surface area contributed by atoms with Gasteiger partial charge in [0.1, 0.15) is 6.04 Å². The van der Waals surface area contributed by atoms with Crippen molar-refractivity contribution >= 4 is 11.9 Å². The summed E-state index contributed by atoms with van der Waals surface area (Å²) in [6, 6.07) is -0.280. The van der Waals surface area contributed by atoms with Gasteiger partial charge in [-0.1, -0.05) is 6.92 Å². The fourth-order valence-electron chi connectivity index (χ4n) is 1.38. The molecule has 5 heteroatoms. The zero-order valence-corrected chi connectivity index (χ0v) is 11.0. The summed E-state index contributed by atoms with van der Waals surface area (Å²) in [7, 11) is 0. The lowest BCUT2D eigenvalue weighted by Crippen LogP contribution is -2.38. The predicted octanol–water partition coefficient (Wildman–Crippen LogP) is 1.26. The number of hydrogen-bond donors (Lipinski definition) is 1. The van der Waals surface area contributed by atoms with Crippen LogP contribution in [-0.4, -0.2) is 37.7 Å². The first-order chi connectivity index (χ1) is 8.15. The predicted molar refractivity (Wildman–Crippen MR) is 64.6 cm³/mol. The van der Waals surface area contributed by atoms with Crippen LogP contribution in [0.4, 0.5) is 0 Å². The molecule has 0 spiro atoms. The minimum absolute atomic E-state index is 0.196. The Balaban J connectivity index is 3.70. The van der Waals surface area contributed by atoms with Gasteiger partial charge in [0.15, 0.2) is 0 Å². The van der Waals surface area contributed by atoms with Gasteiger partial charge in [0.25, 0.3) is 0 Å². The second-order valence-electron chi connectivity index (χ2n) is 3.58. The summed E-state index contributed by atoms with van der Waals surface area (Å²) in [5.74, 6) is -0.426. The van der Waals surface area contributed by atoms with Crippen LogP contribution >= 0.6 is 0 Å². The largest absolute Gasteiger partial charge is 0.466 e. The topological polar surface area (TPSA) is 64.6 Å². The van der Waals surface area contributed by atoms with E-state index >= 15 is 0 Å². The van der Waals surface area contributed by atoms with E-state index in [4.69, 9.17) is 9.47 Å². The zero-order chi connectivity index (χ0) is 13.1. The minimum atomic E-state index is -0.280. The molecule has 17 heavy (non-hydrogen) atoms. The SMILES string of the molecule is CCOC(=O)CCCNC(CC)C(=O)OCC. The Hall–Kier alpha value is -1.10. The van der Waals surface area contributed by atoms with Crippen molar-refractivity contribution < 1.29 is 19.1 Å². The Morgan fingerprint density at radius 2 is 1.76 bits per heavy atom. The molecule has 0 saturated heterocycles. The van der Waals surface area contributed by atoms with Crippen molar-refractivity contribution in [3.63, 3.8) is 0 Å². The van der Waals surface area contributed by atoms with Gasteiger partial charge in [-0.05, 0) is 33.2 Å². The summed E-state index contributed by atoms with van der Waals surface area (Å²) in [4.78, 5) is 22.5. The van der Waals surface area contributed by atoms with Gasteiger partial charge in [-0.2, -0.15) is 0 Å². The lowest BCUT2D eigenvalue weighted by atomic mass is 10.2. The van der Waals surface area contributed by atoms with Gasteiger partial charge in [0.2, 0.25) is 0 Å². The monoisotopic (exact) mass is 245 g/mol. The molecule has 0 aliphatic rings. The number of ether oxygens (including phenoxy) is 2. The first kappa shape index (κ1) is 15.9. The molecular formula is C12H23NO4. The van der Waals surface area contributed by atoms with Crippen LogP contribution in [-0.2, 0) is 19.1 Å². The van der Waals surface area contributed by atoms with Crippen molar-refractivity contribution in [2.45, 2.75) is 46.1 Å². The van der Waals surface area contributed by atoms with Gasteiger partial charge >= 0.3 is 11.9 Å². The Bertz CT molecular complexity index is 231. The number of nitrogens with one attached hydrogen (secondary N) is 1. The van der Waals surface area contributed by atoms with Crippen LogP contribution in [0.15, 0.2) is 0 Å². The van der Waals surface area contributed by atoms with Crippen molar-refractivity contribution in [1.29, 1.82) is 0 Å². The number of hydrogen-bond acceptors (Lipinski definition) is 5. The summed E-state index contributed by atoms with van der Waals surface area (Å²) >= 11 is 0. The molecule has 0 aliphatic carbocycles. The maximum Gasteiger partial charge on any atom is 0.323 e. The highest BCUT2D eigenvalue weighted by molar-refractivity contribution is 5.75. The number of carbonyl (C=O) groups excluding carboxylic acids is 2. The molecule has 5 nitrogen and oxygen atoms in total. The molecular weight excluding hydrogens is 222 g/mol. The van der Waals surface area contributed by atoms with Crippen molar-refractivity contribution in [3.05, 3.63) is 0 Å². The average molecular weight is 245 g/mol. The van der Waals surface area contributed by atoms with E-state index in [9.17, 15) is 9.59 Å². The van der Waals surface area contributed by atoms with E-state index in [1.54, 1.807) is 13.8 Å². The lowest BCUT2D eigenvalue weighted by molar-refractivity contribution is -0.145. The van der Waals surface area contributed by atoms with Gasteiger partial charge in [-0.15, -0.1) is 0 Å². The highest BCUT2D eigenvalue weighted by Gasteiger charge is 2.16. The molecule has 0 radical (unpaired) electrons. The zero-order valence-electron chi connectivity index (χ0n) is 11.0. The molecule has 100 valence electrons. The Morgan fingerprint density at radius 3 is 2.29 bits per heavy atom. The van der Waals surface area contributed by atoms with E-state index in [1.165, 1.54) is 0 Å². The molecule has 0 aromatic heterocycles. The fraction of sp³-hybridized carbons (Fsp3) is 0.833. The molecule has 0 fully saturated rings. The van der Waals surface area contributed by atoms with Crippen molar-refractivity contribution in [1.82, 2.24) is 5.32 Å². The summed E-state index contributed by atoms with van der Waals surface area (Å²) in [6.07, 6.45) is 1.72. The van der Waals surface area contributed by atoms with E-state index in [0.29, 0.717) is 39.0 Å². The van der Waals surface area contributed by atoms with Gasteiger partial charge in [0, 0.05) is 6.42 Å². The Kier molecular flexibility index (Phi) is 9.43. The molecule has 0 saturated carbocycles. The van der Waals surface area contributed by atoms with Gasteiger partial charge in [0.05, 0.1) is 13.2 Å². The number of carbonyl (C=O) groups is 2. The highest BCUT2D eigenvalue weighted by Crippen LogP contribution is 1.97. The van der Waals surface area contributed by atoms with Crippen LogP contribution in [0, 0.1) is 0 Å². The quantitative estimate of drug-likeness (QED) is 0.489. The van der Waals surface area contributed by atoms with Crippen molar-refractivity contribution in [3.8, 4) is 0 Å². The smallest absolute Gasteiger partial charge is 0.323 e. The molecule has 0 rings (SSSR count). The average Bonchev–Trinajstić information content (AvgIpc) is 2.29. The van der Waals surface area contributed by atoms with E-state index in [0.717, 1.165) is 0 Å². The molecule has 0 heterocycles. The van der Waals surface area contributed by atoms with Gasteiger partial charge in [-0.3, -0.25) is 9.59 Å². The fourth-order valence-corrected chi connectivity index (χ4v) is 1.38. The number of esters is 2. The Labute approximate surface area is 103 Å². The third kappa shape index (κ3) is 7.74. The molecule has 0 bridgehead atoms. The summed E-state index contributed by atoms with van der Waals surface area (Å²) in [5, 5.41) is 3.07. The van der Waals surface area contributed by atoms with Crippen LogP contribution in [0.2, 0.25) is 0 Å². The third-order valence-electron chi connectivity index (χ3n) is 2.23. The van der Waals surface area contributed by atoms with E-state index in [2.05, 4.69) is 5.32 Å². The Morgan fingerprint density at radius 1 is 1.12 bits per heavy atom.